The maximum Gasteiger partial charge on any atom is 0.239 e. The van der Waals surface area contributed by atoms with Crippen LogP contribution < -0.4 is 5.32 Å². The summed E-state index contributed by atoms with van der Waals surface area (Å²) in [5.74, 6) is -0.486. The molecule has 1 N–H and O–H groups in total. The largest absolute Gasteiger partial charge is 0.350 e. The first kappa shape index (κ1) is 18.3. The molecule has 1 aromatic carbocycles. The van der Waals surface area contributed by atoms with Crippen LogP contribution in [0, 0.1) is 5.82 Å². The Kier molecular flexibility index (Phi) is 7.13. The summed E-state index contributed by atoms with van der Waals surface area (Å²) < 4.78 is 13.5. The van der Waals surface area contributed by atoms with Crippen molar-refractivity contribution < 1.29 is 14.0 Å². The number of amides is 2. The molecule has 1 aromatic heterocycles. The second-order valence-electron chi connectivity index (χ2n) is 4.80. The van der Waals surface area contributed by atoms with Crippen LogP contribution in [-0.2, 0) is 16.1 Å². The van der Waals surface area contributed by atoms with Crippen LogP contribution in [0.15, 0.2) is 34.1 Å². The van der Waals surface area contributed by atoms with E-state index in [2.05, 4.69) is 15.5 Å². The summed E-state index contributed by atoms with van der Waals surface area (Å²) >= 11 is 2.67. The van der Waals surface area contributed by atoms with Crippen molar-refractivity contribution in [2.45, 2.75) is 17.8 Å². The van der Waals surface area contributed by atoms with E-state index in [9.17, 15) is 14.0 Å². The third-order valence-corrected chi connectivity index (χ3v) is 4.98. The summed E-state index contributed by atoms with van der Waals surface area (Å²) in [6.45, 7) is 2.55. The highest BCUT2D eigenvalue weighted by Gasteiger charge is 2.16. The number of rotatable bonds is 8. The summed E-state index contributed by atoms with van der Waals surface area (Å²) in [4.78, 5) is 25.6. The number of nitrogens with zero attached hydrogens (tertiary/aromatic N) is 3. The Balaban J connectivity index is 1.76. The van der Waals surface area contributed by atoms with E-state index < -0.39 is 0 Å². The van der Waals surface area contributed by atoms with E-state index in [0.29, 0.717) is 13.1 Å². The van der Waals surface area contributed by atoms with Crippen molar-refractivity contribution in [3.05, 3.63) is 41.2 Å². The Labute approximate surface area is 147 Å². The summed E-state index contributed by atoms with van der Waals surface area (Å²) in [5, 5.41) is 10.3. The minimum atomic E-state index is -0.319. The van der Waals surface area contributed by atoms with Crippen molar-refractivity contribution in [3.8, 4) is 0 Å². The number of aromatic nitrogens is 2. The third kappa shape index (κ3) is 5.89. The molecule has 1 heterocycles. The van der Waals surface area contributed by atoms with Gasteiger partial charge in [-0.2, -0.15) is 0 Å². The van der Waals surface area contributed by atoms with Gasteiger partial charge < -0.3 is 10.2 Å². The summed E-state index contributed by atoms with van der Waals surface area (Å²) in [7, 11) is 0. The predicted molar refractivity (Wildman–Crippen MR) is 91.1 cm³/mol. The molecule has 0 unspecified atom stereocenters. The fourth-order valence-corrected chi connectivity index (χ4v) is 3.24. The molecule has 0 aliphatic rings. The molecule has 2 amide bonds. The number of hydrogen-bond acceptors (Lipinski definition) is 6. The van der Waals surface area contributed by atoms with Gasteiger partial charge in [-0.3, -0.25) is 9.59 Å². The Hall–Kier alpha value is -2.00. The third-order valence-electron chi connectivity index (χ3n) is 3.13. The number of benzene rings is 1. The average molecular weight is 368 g/mol. The quantitative estimate of drug-likeness (QED) is 0.721. The maximum atomic E-state index is 12.8. The van der Waals surface area contributed by atoms with E-state index >= 15 is 0 Å². The molecular formula is C15H17FN4O2S2. The highest BCUT2D eigenvalue weighted by molar-refractivity contribution is 8.01. The average Bonchev–Trinajstić information content (AvgIpc) is 3.10. The van der Waals surface area contributed by atoms with Crippen LogP contribution in [-0.4, -0.2) is 45.8 Å². The van der Waals surface area contributed by atoms with Gasteiger partial charge in [0.25, 0.3) is 0 Å². The summed E-state index contributed by atoms with van der Waals surface area (Å²) in [5.41, 5.74) is 2.40. The number of halogens is 1. The molecule has 0 bridgehead atoms. The molecule has 0 saturated heterocycles. The van der Waals surface area contributed by atoms with Crippen LogP contribution in [0.3, 0.4) is 0 Å². The predicted octanol–water partition coefficient (Wildman–Crippen LogP) is 1.93. The molecule has 24 heavy (non-hydrogen) atoms. The number of carbonyl (C=O) groups is 2. The molecule has 0 saturated carbocycles. The minimum Gasteiger partial charge on any atom is -0.350 e. The standard InChI is InChI=1S/C15H17FN4O2S2/c1-2-20(14(22)9-23-15-19-18-10-24-15)8-13(21)17-7-11-3-5-12(16)6-4-11/h3-6,10H,2,7-9H2,1H3,(H,17,21). The highest BCUT2D eigenvalue weighted by Crippen LogP contribution is 2.19. The molecule has 0 atom stereocenters. The topological polar surface area (TPSA) is 75.2 Å². The Morgan fingerprint density at radius 1 is 1.33 bits per heavy atom. The second kappa shape index (κ2) is 9.33. The van der Waals surface area contributed by atoms with Gasteiger partial charge in [0.2, 0.25) is 11.8 Å². The lowest BCUT2D eigenvalue weighted by atomic mass is 10.2. The number of likely N-dealkylation sites (N-methyl/N-ethyl adjacent to an activating group) is 1. The van der Waals surface area contributed by atoms with Crippen LogP contribution in [0.2, 0.25) is 0 Å². The van der Waals surface area contributed by atoms with Gasteiger partial charge in [0.1, 0.15) is 11.3 Å². The second-order valence-corrected chi connectivity index (χ2v) is 6.86. The van der Waals surface area contributed by atoms with E-state index in [0.717, 1.165) is 9.90 Å². The fraction of sp³-hybridized carbons (Fsp3) is 0.333. The SMILES string of the molecule is CCN(CC(=O)NCc1ccc(F)cc1)C(=O)CSc1nncs1. The smallest absolute Gasteiger partial charge is 0.239 e. The van der Waals surface area contributed by atoms with Crippen LogP contribution >= 0.6 is 23.1 Å². The van der Waals surface area contributed by atoms with Gasteiger partial charge in [0.15, 0.2) is 4.34 Å². The van der Waals surface area contributed by atoms with E-state index in [1.54, 1.807) is 17.6 Å². The van der Waals surface area contributed by atoms with Crippen molar-refractivity contribution in [2.75, 3.05) is 18.8 Å². The Morgan fingerprint density at radius 3 is 2.71 bits per heavy atom. The molecule has 0 aliphatic heterocycles. The van der Waals surface area contributed by atoms with E-state index in [1.807, 2.05) is 6.92 Å². The Bertz CT molecular complexity index is 665. The molecule has 0 radical (unpaired) electrons. The molecule has 0 aliphatic carbocycles. The summed E-state index contributed by atoms with van der Waals surface area (Å²) in [6.07, 6.45) is 0. The number of nitrogens with one attached hydrogen (secondary N) is 1. The molecule has 9 heteroatoms. The Morgan fingerprint density at radius 2 is 2.08 bits per heavy atom. The van der Waals surface area contributed by atoms with Crippen molar-refractivity contribution in [2.24, 2.45) is 0 Å². The van der Waals surface area contributed by atoms with Gasteiger partial charge in [0.05, 0.1) is 12.3 Å². The normalized spacial score (nSPS) is 10.4. The summed E-state index contributed by atoms with van der Waals surface area (Å²) in [6, 6.07) is 5.90. The van der Waals surface area contributed by atoms with Gasteiger partial charge in [-0.1, -0.05) is 35.2 Å². The van der Waals surface area contributed by atoms with Crippen LogP contribution in [0.25, 0.3) is 0 Å². The van der Waals surface area contributed by atoms with Crippen LogP contribution in [0.4, 0.5) is 4.39 Å². The fourth-order valence-electron chi connectivity index (χ4n) is 1.85. The van der Waals surface area contributed by atoms with Crippen molar-refractivity contribution >= 4 is 34.9 Å². The first-order chi connectivity index (χ1) is 11.6. The van der Waals surface area contributed by atoms with Gasteiger partial charge >= 0.3 is 0 Å². The van der Waals surface area contributed by atoms with E-state index in [1.165, 1.54) is 40.1 Å². The monoisotopic (exact) mass is 368 g/mol. The molecule has 2 aromatic rings. The number of carbonyl (C=O) groups excluding carboxylic acids is 2. The van der Waals surface area contributed by atoms with Gasteiger partial charge in [-0.15, -0.1) is 10.2 Å². The lowest BCUT2D eigenvalue weighted by Crippen LogP contribution is -2.41. The van der Waals surface area contributed by atoms with Crippen LogP contribution in [0.5, 0.6) is 0 Å². The first-order valence-electron chi connectivity index (χ1n) is 7.26. The highest BCUT2D eigenvalue weighted by atomic mass is 32.2. The van der Waals surface area contributed by atoms with Crippen LogP contribution in [0.1, 0.15) is 12.5 Å². The molecule has 0 fully saturated rings. The zero-order valence-corrected chi connectivity index (χ0v) is 14.7. The molecule has 128 valence electrons. The van der Waals surface area contributed by atoms with Gasteiger partial charge in [0, 0.05) is 13.1 Å². The van der Waals surface area contributed by atoms with Crippen molar-refractivity contribution in [1.82, 2.24) is 20.4 Å². The molecule has 6 nitrogen and oxygen atoms in total. The maximum absolute atomic E-state index is 12.8. The van der Waals surface area contributed by atoms with Crippen molar-refractivity contribution in [3.63, 3.8) is 0 Å². The molecule has 2 rings (SSSR count). The first-order valence-corrected chi connectivity index (χ1v) is 9.13. The van der Waals surface area contributed by atoms with E-state index in [4.69, 9.17) is 0 Å². The van der Waals surface area contributed by atoms with E-state index in [-0.39, 0.29) is 29.9 Å². The molecular weight excluding hydrogens is 351 g/mol. The van der Waals surface area contributed by atoms with Gasteiger partial charge in [-0.05, 0) is 24.6 Å². The van der Waals surface area contributed by atoms with Gasteiger partial charge in [-0.25, -0.2) is 4.39 Å². The molecule has 0 spiro atoms. The lowest BCUT2D eigenvalue weighted by Gasteiger charge is -2.20. The number of thioether (sulfide) groups is 1. The number of hydrogen-bond donors (Lipinski definition) is 1. The zero-order valence-electron chi connectivity index (χ0n) is 13.1. The lowest BCUT2D eigenvalue weighted by molar-refractivity contribution is -0.133. The van der Waals surface area contributed by atoms with Crippen molar-refractivity contribution in [1.29, 1.82) is 0 Å². The zero-order chi connectivity index (χ0) is 17.4. The minimum absolute atomic E-state index is 0.00674.